The first-order valence-corrected chi connectivity index (χ1v) is 7.39. The van der Waals surface area contributed by atoms with E-state index < -0.39 is 0 Å². The van der Waals surface area contributed by atoms with E-state index in [9.17, 15) is 9.59 Å². The quantitative estimate of drug-likeness (QED) is 0.585. The molecule has 0 spiro atoms. The molecule has 3 heteroatoms. The molecule has 3 nitrogen and oxygen atoms in total. The van der Waals surface area contributed by atoms with Gasteiger partial charge in [-0.1, -0.05) is 41.5 Å². The summed E-state index contributed by atoms with van der Waals surface area (Å²) < 4.78 is 0. The highest BCUT2D eigenvalue weighted by Gasteiger charge is 2.61. The molecule has 0 unspecified atom stereocenters. The zero-order chi connectivity index (χ0) is 14.7. The molecule has 1 heterocycles. The van der Waals surface area contributed by atoms with Crippen LogP contribution in [-0.2, 0) is 9.59 Å². The Morgan fingerprint density at radius 2 is 1.43 bits per heavy atom. The Hall–Kier alpha value is -2.16. The minimum atomic E-state index is -0.197. The van der Waals surface area contributed by atoms with E-state index in [1.807, 2.05) is 30.3 Å². The molecule has 0 aromatic heterocycles. The van der Waals surface area contributed by atoms with E-state index in [4.69, 9.17) is 0 Å². The zero-order valence-corrected chi connectivity index (χ0v) is 12.1. The van der Waals surface area contributed by atoms with Crippen molar-refractivity contribution in [3.8, 4) is 0 Å². The second kappa shape index (κ2) is 4.17. The topological polar surface area (TPSA) is 37.4 Å². The van der Waals surface area contributed by atoms with Gasteiger partial charge < -0.3 is 0 Å². The molecular weight excluding hydrogens is 262 g/mol. The fourth-order valence-corrected chi connectivity index (χ4v) is 4.26. The van der Waals surface area contributed by atoms with Crippen LogP contribution in [0, 0.1) is 23.7 Å². The van der Waals surface area contributed by atoms with E-state index >= 15 is 0 Å². The van der Waals surface area contributed by atoms with Gasteiger partial charge in [-0.15, -0.1) is 0 Å². The lowest BCUT2D eigenvalue weighted by Gasteiger charge is -2.19. The number of fused-ring (bicyclic) bond motifs is 5. The Morgan fingerprint density at radius 1 is 0.905 bits per heavy atom. The lowest BCUT2D eigenvalue weighted by Crippen LogP contribution is -2.33. The van der Waals surface area contributed by atoms with Crippen molar-refractivity contribution in [3.63, 3.8) is 0 Å². The summed E-state index contributed by atoms with van der Waals surface area (Å²) >= 11 is 0. The number of hydrogen-bond acceptors (Lipinski definition) is 2. The first-order chi connectivity index (χ1) is 10.1. The molecule has 1 aliphatic heterocycles. The van der Waals surface area contributed by atoms with Crippen molar-refractivity contribution in [2.45, 2.75) is 13.8 Å². The molecule has 1 aromatic carbocycles. The van der Waals surface area contributed by atoms with Crippen molar-refractivity contribution in [1.29, 1.82) is 0 Å². The number of anilines is 1. The highest BCUT2D eigenvalue weighted by atomic mass is 16.2. The van der Waals surface area contributed by atoms with Gasteiger partial charge in [0.05, 0.1) is 17.5 Å². The van der Waals surface area contributed by atoms with Crippen LogP contribution in [0.5, 0.6) is 0 Å². The molecule has 1 saturated carbocycles. The van der Waals surface area contributed by atoms with Gasteiger partial charge in [0, 0.05) is 11.8 Å². The van der Waals surface area contributed by atoms with Gasteiger partial charge in [-0.2, -0.15) is 0 Å². The summed E-state index contributed by atoms with van der Waals surface area (Å²) in [6.45, 7) is 4.15. The highest BCUT2D eigenvalue weighted by molar-refractivity contribution is 6.23. The van der Waals surface area contributed by atoms with Crippen molar-refractivity contribution in [2.75, 3.05) is 4.90 Å². The lowest BCUT2D eigenvalue weighted by molar-refractivity contribution is -0.122. The lowest BCUT2D eigenvalue weighted by atomic mass is 9.85. The van der Waals surface area contributed by atoms with Crippen LogP contribution in [-0.4, -0.2) is 11.8 Å². The summed E-state index contributed by atoms with van der Waals surface area (Å²) in [6, 6.07) is 9.26. The molecule has 2 amide bonds. The van der Waals surface area contributed by atoms with Crippen molar-refractivity contribution in [2.24, 2.45) is 23.7 Å². The van der Waals surface area contributed by atoms with Crippen LogP contribution in [0.25, 0.3) is 0 Å². The molecule has 106 valence electrons. The number of para-hydroxylation sites is 1. The maximum absolute atomic E-state index is 12.8. The van der Waals surface area contributed by atoms with Gasteiger partial charge >= 0.3 is 0 Å². The largest absolute Gasteiger partial charge is 0.274 e. The molecule has 2 fully saturated rings. The van der Waals surface area contributed by atoms with Crippen LogP contribution >= 0.6 is 0 Å². The molecule has 4 atom stereocenters. The van der Waals surface area contributed by atoms with Crippen LogP contribution in [0.2, 0.25) is 0 Å². The van der Waals surface area contributed by atoms with Crippen LogP contribution in [0.15, 0.2) is 53.6 Å². The second-order valence-corrected chi connectivity index (χ2v) is 6.29. The minimum Gasteiger partial charge on any atom is -0.274 e. The summed E-state index contributed by atoms with van der Waals surface area (Å²) in [4.78, 5) is 27.0. The Bertz CT molecular complexity index is 663. The van der Waals surface area contributed by atoms with Gasteiger partial charge in [0.1, 0.15) is 0 Å². The zero-order valence-electron chi connectivity index (χ0n) is 12.1. The summed E-state index contributed by atoms with van der Waals surface area (Å²) in [6.07, 6.45) is 4.24. The van der Waals surface area contributed by atoms with E-state index in [0.717, 1.165) is 0 Å². The molecule has 0 N–H and O–H groups in total. The fraction of sp³-hybridized carbons (Fsp3) is 0.333. The van der Waals surface area contributed by atoms with Gasteiger partial charge in [0.2, 0.25) is 11.8 Å². The number of allylic oxidation sites excluding steroid dienone is 4. The molecule has 0 radical (unpaired) electrons. The van der Waals surface area contributed by atoms with Crippen molar-refractivity contribution in [3.05, 3.63) is 53.6 Å². The van der Waals surface area contributed by atoms with Crippen LogP contribution in [0.1, 0.15) is 13.8 Å². The standard InChI is InChI=1S/C18H17NO2/c1-10(2)14-12-8-9-13(14)16-15(12)17(20)19(18(16)21)11-6-4-3-5-7-11/h3-9,12-13,15-16H,1-2H3/t12-,13-,15+,16+/m1/s1. The maximum atomic E-state index is 12.8. The van der Waals surface area contributed by atoms with Crippen LogP contribution in [0.3, 0.4) is 0 Å². The number of carbonyl (C=O) groups excluding carboxylic acids is 2. The molecule has 3 aliphatic rings. The van der Waals surface area contributed by atoms with E-state index in [2.05, 4.69) is 26.0 Å². The normalized spacial score (nSPS) is 33.0. The van der Waals surface area contributed by atoms with Gasteiger partial charge in [0.25, 0.3) is 0 Å². The van der Waals surface area contributed by atoms with Crippen LogP contribution < -0.4 is 4.90 Å². The predicted molar refractivity (Wildman–Crippen MR) is 80.4 cm³/mol. The fourth-order valence-electron chi connectivity index (χ4n) is 4.26. The number of hydrogen-bond donors (Lipinski definition) is 0. The van der Waals surface area contributed by atoms with Crippen molar-refractivity contribution in [1.82, 2.24) is 0 Å². The summed E-state index contributed by atoms with van der Waals surface area (Å²) in [7, 11) is 0. The second-order valence-electron chi connectivity index (χ2n) is 6.29. The average Bonchev–Trinajstić information content (AvgIpc) is 3.10. The number of rotatable bonds is 1. The Balaban J connectivity index is 1.79. The predicted octanol–water partition coefficient (Wildman–Crippen LogP) is 2.94. The number of amides is 2. The van der Waals surface area contributed by atoms with E-state index in [-0.39, 0.29) is 35.5 Å². The van der Waals surface area contributed by atoms with Gasteiger partial charge in [-0.3, -0.25) is 9.59 Å². The Kier molecular flexibility index (Phi) is 2.49. The number of imide groups is 1. The Morgan fingerprint density at radius 3 is 1.90 bits per heavy atom. The molecule has 2 bridgehead atoms. The maximum Gasteiger partial charge on any atom is 0.238 e. The van der Waals surface area contributed by atoms with Gasteiger partial charge in [0.15, 0.2) is 0 Å². The SMILES string of the molecule is CC(C)=C1[C@H]2C=C[C@H]1[C@@H]1C(=O)N(c3ccccc3)C(=O)[C@H]12. The minimum absolute atomic E-state index is 0.0354. The van der Waals surface area contributed by atoms with Crippen molar-refractivity contribution < 1.29 is 9.59 Å². The first-order valence-electron chi connectivity index (χ1n) is 7.39. The van der Waals surface area contributed by atoms with Gasteiger partial charge in [-0.05, 0) is 26.0 Å². The Labute approximate surface area is 123 Å². The molecule has 4 rings (SSSR count). The monoisotopic (exact) mass is 279 g/mol. The summed E-state index contributed by atoms with van der Waals surface area (Å²) in [5.41, 5.74) is 3.23. The molecular formula is C18H17NO2. The van der Waals surface area contributed by atoms with Crippen molar-refractivity contribution >= 4 is 17.5 Å². The third kappa shape index (κ3) is 1.49. The van der Waals surface area contributed by atoms with Crippen LogP contribution in [0.4, 0.5) is 5.69 Å². The molecule has 1 saturated heterocycles. The number of carbonyl (C=O) groups is 2. The first kappa shape index (κ1) is 12.6. The van der Waals surface area contributed by atoms with E-state index in [1.54, 1.807) is 0 Å². The number of nitrogens with zero attached hydrogens (tertiary/aromatic N) is 1. The third-order valence-electron chi connectivity index (χ3n) is 5.01. The summed E-state index contributed by atoms with van der Waals surface area (Å²) in [5.74, 6) is -0.223. The highest BCUT2D eigenvalue weighted by Crippen LogP contribution is 2.57. The summed E-state index contributed by atoms with van der Waals surface area (Å²) in [5, 5.41) is 0. The smallest absolute Gasteiger partial charge is 0.238 e. The van der Waals surface area contributed by atoms with E-state index in [1.165, 1.54) is 16.0 Å². The average molecular weight is 279 g/mol. The molecule has 1 aromatic rings. The third-order valence-corrected chi connectivity index (χ3v) is 5.01. The molecule has 2 aliphatic carbocycles. The van der Waals surface area contributed by atoms with E-state index in [0.29, 0.717) is 5.69 Å². The number of benzene rings is 1. The molecule has 21 heavy (non-hydrogen) atoms. The van der Waals surface area contributed by atoms with Gasteiger partial charge in [-0.25, -0.2) is 4.90 Å².